The molecule has 0 unspecified atom stereocenters. The first-order valence-electron chi connectivity index (χ1n) is 6.95. The average Bonchev–Trinajstić information content (AvgIpc) is 2.51. The smallest absolute Gasteiger partial charge is 0.303 e. The molecule has 0 fully saturated rings. The summed E-state index contributed by atoms with van der Waals surface area (Å²) in [6.45, 7) is 0. The van der Waals surface area contributed by atoms with Crippen LogP contribution in [-0.2, 0) is 27.5 Å². The Morgan fingerprint density at radius 1 is 1.08 bits per heavy atom. The second-order valence-corrected chi connectivity index (χ2v) is 6.59. The van der Waals surface area contributed by atoms with Crippen molar-refractivity contribution in [3.63, 3.8) is 0 Å². The van der Waals surface area contributed by atoms with Gasteiger partial charge in [0.25, 0.3) is 10.1 Å². The first kappa shape index (κ1) is 19.1. The first-order valence-corrected chi connectivity index (χ1v) is 8.39. The molecular formula is C16H12F4O4S. The largest absolute Gasteiger partial charge is 0.419 e. The summed E-state index contributed by atoms with van der Waals surface area (Å²) in [6.07, 6.45) is -3.97. The molecular weight excluding hydrogens is 364 g/mol. The van der Waals surface area contributed by atoms with Gasteiger partial charge in [-0.1, -0.05) is 12.1 Å². The number of benzene rings is 2. The lowest BCUT2D eigenvalue weighted by Gasteiger charge is -2.13. The van der Waals surface area contributed by atoms with Gasteiger partial charge in [0, 0.05) is 12.0 Å². The van der Waals surface area contributed by atoms with E-state index in [1.54, 1.807) is 0 Å². The van der Waals surface area contributed by atoms with Crippen molar-refractivity contribution in [3.05, 3.63) is 53.3 Å². The Labute approximate surface area is 140 Å². The summed E-state index contributed by atoms with van der Waals surface area (Å²) in [7, 11) is -4.72. The van der Waals surface area contributed by atoms with E-state index in [-0.39, 0.29) is 24.0 Å². The number of rotatable bonds is 5. The van der Waals surface area contributed by atoms with E-state index in [2.05, 4.69) is 0 Å². The van der Waals surface area contributed by atoms with Gasteiger partial charge in [-0.25, -0.2) is 4.39 Å². The Hall–Kier alpha value is -2.26. The van der Waals surface area contributed by atoms with E-state index in [9.17, 15) is 35.3 Å². The Morgan fingerprint density at radius 2 is 1.76 bits per heavy atom. The number of aryl methyl sites for hydroxylation is 1. The molecule has 25 heavy (non-hydrogen) atoms. The topological polar surface area (TPSA) is 71.4 Å². The molecule has 2 aromatic rings. The van der Waals surface area contributed by atoms with Crippen molar-refractivity contribution in [1.29, 1.82) is 0 Å². The SMILES string of the molecule is O=CCCc1ccc(S(=O)(=O)O)c(-c2ccc(F)c(C(F)(F)F)c2)c1. The van der Waals surface area contributed by atoms with Gasteiger partial charge in [0.2, 0.25) is 0 Å². The molecule has 0 aliphatic heterocycles. The number of alkyl halides is 3. The maximum atomic E-state index is 13.4. The first-order chi connectivity index (χ1) is 11.5. The summed E-state index contributed by atoms with van der Waals surface area (Å²) in [5, 5.41) is 0. The van der Waals surface area contributed by atoms with E-state index < -0.39 is 32.6 Å². The van der Waals surface area contributed by atoms with Crippen LogP contribution in [0, 0.1) is 5.82 Å². The fourth-order valence-electron chi connectivity index (χ4n) is 2.32. The normalized spacial score (nSPS) is 12.2. The lowest BCUT2D eigenvalue weighted by molar-refractivity contribution is -0.139. The van der Waals surface area contributed by atoms with E-state index in [4.69, 9.17) is 0 Å². The van der Waals surface area contributed by atoms with Crippen molar-refractivity contribution in [1.82, 2.24) is 0 Å². The van der Waals surface area contributed by atoms with Crippen LogP contribution in [-0.4, -0.2) is 19.3 Å². The number of carbonyl (C=O) groups is 1. The van der Waals surface area contributed by atoms with E-state index in [0.29, 0.717) is 24.0 Å². The van der Waals surface area contributed by atoms with Gasteiger partial charge >= 0.3 is 6.18 Å². The second-order valence-electron chi connectivity index (χ2n) is 5.20. The fourth-order valence-corrected chi connectivity index (χ4v) is 3.01. The molecule has 0 spiro atoms. The Balaban J connectivity index is 2.69. The molecule has 0 atom stereocenters. The highest BCUT2D eigenvalue weighted by Crippen LogP contribution is 2.36. The summed E-state index contributed by atoms with van der Waals surface area (Å²) in [4.78, 5) is 9.84. The molecule has 0 amide bonds. The van der Waals surface area contributed by atoms with Gasteiger partial charge in [0.1, 0.15) is 17.0 Å². The standard InChI is InChI=1S/C16H12F4O4S/c17-14-5-4-11(9-13(14)16(18,19)20)12-8-10(2-1-7-21)3-6-15(12)25(22,23)24/h3-9H,1-2H2,(H,22,23,24). The Morgan fingerprint density at radius 3 is 2.32 bits per heavy atom. The Kier molecular flexibility index (Phi) is 5.28. The number of halogens is 4. The van der Waals surface area contributed by atoms with Crippen molar-refractivity contribution in [2.24, 2.45) is 0 Å². The quantitative estimate of drug-likeness (QED) is 0.488. The zero-order valence-corrected chi connectivity index (χ0v) is 13.4. The highest BCUT2D eigenvalue weighted by molar-refractivity contribution is 7.86. The van der Waals surface area contributed by atoms with Crippen molar-refractivity contribution in [2.45, 2.75) is 23.9 Å². The van der Waals surface area contributed by atoms with Crippen LogP contribution in [0.4, 0.5) is 17.6 Å². The minimum absolute atomic E-state index is 0.127. The van der Waals surface area contributed by atoms with E-state index in [1.165, 1.54) is 12.1 Å². The molecule has 0 aromatic heterocycles. The maximum Gasteiger partial charge on any atom is 0.419 e. The third kappa shape index (κ3) is 4.43. The predicted octanol–water partition coefficient (Wildman–Crippen LogP) is 3.89. The van der Waals surface area contributed by atoms with Crippen LogP contribution in [0.25, 0.3) is 11.1 Å². The van der Waals surface area contributed by atoms with Crippen molar-refractivity contribution >= 4 is 16.4 Å². The molecule has 2 aromatic carbocycles. The molecule has 0 aliphatic carbocycles. The third-order valence-corrected chi connectivity index (χ3v) is 4.37. The van der Waals surface area contributed by atoms with Crippen LogP contribution in [0.3, 0.4) is 0 Å². The molecule has 9 heteroatoms. The van der Waals surface area contributed by atoms with Gasteiger partial charge < -0.3 is 4.79 Å². The summed E-state index contributed by atoms with van der Waals surface area (Å²) in [5.74, 6) is -1.50. The van der Waals surface area contributed by atoms with Crippen LogP contribution >= 0.6 is 0 Å². The molecule has 0 saturated heterocycles. The summed E-state index contributed by atoms with van der Waals surface area (Å²) in [5.41, 5.74) is -1.51. The van der Waals surface area contributed by atoms with Gasteiger partial charge in [0.05, 0.1) is 5.56 Å². The molecule has 134 valence electrons. The molecule has 2 rings (SSSR count). The zero-order chi connectivity index (χ0) is 18.8. The molecule has 0 bridgehead atoms. The minimum Gasteiger partial charge on any atom is -0.303 e. The summed E-state index contributed by atoms with van der Waals surface area (Å²) < 4.78 is 84.4. The van der Waals surface area contributed by atoms with Crippen molar-refractivity contribution in [3.8, 4) is 11.1 Å². The van der Waals surface area contributed by atoms with Crippen LogP contribution < -0.4 is 0 Å². The van der Waals surface area contributed by atoms with Gasteiger partial charge in [-0.15, -0.1) is 0 Å². The van der Waals surface area contributed by atoms with Gasteiger partial charge in [-0.05, 0) is 41.8 Å². The lowest BCUT2D eigenvalue weighted by atomic mass is 9.99. The summed E-state index contributed by atoms with van der Waals surface area (Å²) in [6, 6.07) is 5.65. The second kappa shape index (κ2) is 6.93. The fraction of sp³-hybridized carbons (Fsp3) is 0.188. The van der Waals surface area contributed by atoms with Crippen molar-refractivity contribution in [2.75, 3.05) is 0 Å². The number of hydrogen-bond donors (Lipinski definition) is 1. The predicted molar refractivity (Wildman–Crippen MR) is 81.0 cm³/mol. The zero-order valence-electron chi connectivity index (χ0n) is 12.5. The van der Waals surface area contributed by atoms with Crippen LogP contribution in [0.5, 0.6) is 0 Å². The highest BCUT2D eigenvalue weighted by Gasteiger charge is 2.34. The minimum atomic E-state index is -4.96. The molecule has 4 nitrogen and oxygen atoms in total. The molecule has 0 saturated carbocycles. The van der Waals surface area contributed by atoms with E-state index in [0.717, 1.165) is 12.1 Å². The Bertz CT molecular complexity index is 905. The summed E-state index contributed by atoms with van der Waals surface area (Å²) >= 11 is 0. The van der Waals surface area contributed by atoms with Crippen LogP contribution in [0.1, 0.15) is 17.5 Å². The average molecular weight is 376 g/mol. The van der Waals surface area contributed by atoms with Crippen LogP contribution in [0.2, 0.25) is 0 Å². The monoisotopic (exact) mass is 376 g/mol. The maximum absolute atomic E-state index is 13.4. The number of hydrogen-bond acceptors (Lipinski definition) is 3. The molecule has 0 radical (unpaired) electrons. The highest BCUT2D eigenvalue weighted by atomic mass is 32.2. The molecule has 0 aliphatic rings. The van der Waals surface area contributed by atoms with Crippen LogP contribution in [0.15, 0.2) is 41.3 Å². The third-order valence-electron chi connectivity index (χ3n) is 3.46. The van der Waals surface area contributed by atoms with Gasteiger partial charge in [-0.3, -0.25) is 4.55 Å². The number of aldehydes is 1. The molecule has 1 N–H and O–H groups in total. The van der Waals surface area contributed by atoms with Crippen molar-refractivity contribution < 1.29 is 35.3 Å². The van der Waals surface area contributed by atoms with E-state index >= 15 is 0 Å². The van der Waals surface area contributed by atoms with Gasteiger partial charge in [0.15, 0.2) is 0 Å². The van der Waals surface area contributed by atoms with Gasteiger partial charge in [-0.2, -0.15) is 21.6 Å². The molecule has 0 heterocycles. The number of carbonyl (C=O) groups excluding carboxylic acids is 1. The van der Waals surface area contributed by atoms with E-state index in [1.807, 2.05) is 0 Å². The lowest BCUT2D eigenvalue weighted by Crippen LogP contribution is -2.09.